The highest BCUT2D eigenvalue weighted by Gasteiger charge is 2.17. The summed E-state index contributed by atoms with van der Waals surface area (Å²) >= 11 is 2.36. The average Bonchev–Trinajstić information content (AvgIpc) is 2.61. The third-order valence-corrected chi connectivity index (χ3v) is 3.22. The molecule has 0 atom stereocenters. The minimum absolute atomic E-state index is 1.000. The van der Waals surface area contributed by atoms with Crippen LogP contribution in [0, 0.1) is 0 Å². The molecule has 0 saturated carbocycles. The molecular weight excluding hydrogens is 277 g/mol. The maximum Gasteiger partial charge on any atom is 0.131 e. The Hall–Kier alpha value is -0.290. The quantitative estimate of drug-likeness (QED) is 0.583. The van der Waals surface area contributed by atoms with E-state index < -0.39 is 0 Å². The Balaban J connectivity index is 2.31. The van der Waals surface area contributed by atoms with Crippen molar-refractivity contribution in [1.82, 2.24) is 3.11 Å². The van der Waals surface area contributed by atoms with E-state index in [0.717, 1.165) is 25.3 Å². The molecule has 0 radical (unpaired) electrons. The van der Waals surface area contributed by atoms with Crippen molar-refractivity contribution in [2.24, 2.45) is 0 Å². The summed E-state index contributed by atoms with van der Waals surface area (Å²) in [5.74, 6) is 1.03. The number of halogens is 1. The van der Waals surface area contributed by atoms with E-state index in [4.69, 9.17) is 4.42 Å². The monoisotopic (exact) mass is 289 g/mol. The fourth-order valence-electron chi connectivity index (χ4n) is 1.56. The Morgan fingerprint density at radius 2 is 2.38 bits per heavy atom. The van der Waals surface area contributed by atoms with Crippen molar-refractivity contribution in [2.45, 2.75) is 13.3 Å². The maximum absolute atomic E-state index is 5.40. The molecule has 1 aromatic heterocycles. The highest BCUT2D eigenvalue weighted by molar-refractivity contribution is 14.1. The standard InChI is InChI=1S/C10H12INO/c1-8-4-5-12(11)7-9(8)10-3-2-6-13-10/h2-3,6H,4-5,7H2,1H3. The summed E-state index contributed by atoms with van der Waals surface area (Å²) in [6, 6.07) is 3.98. The lowest BCUT2D eigenvalue weighted by atomic mass is 10.0. The molecule has 0 aliphatic carbocycles. The van der Waals surface area contributed by atoms with Gasteiger partial charge in [-0.2, -0.15) is 0 Å². The second-order valence-electron chi connectivity index (χ2n) is 3.33. The molecule has 0 spiro atoms. The summed E-state index contributed by atoms with van der Waals surface area (Å²) in [6.45, 7) is 4.35. The zero-order valence-corrected chi connectivity index (χ0v) is 9.74. The van der Waals surface area contributed by atoms with Gasteiger partial charge in [-0.3, -0.25) is 0 Å². The fourth-order valence-corrected chi connectivity index (χ4v) is 2.15. The van der Waals surface area contributed by atoms with Crippen LogP contribution in [0.1, 0.15) is 19.1 Å². The van der Waals surface area contributed by atoms with Crippen LogP contribution in [0.2, 0.25) is 0 Å². The number of nitrogens with zero attached hydrogens (tertiary/aromatic N) is 1. The normalized spacial score (nSPS) is 19.5. The molecule has 0 N–H and O–H groups in total. The van der Waals surface area contributed by atoms with Crippen LogP contribution in [-0.4, -0.2) is 16.2 Å². The van der Waals surface area contributed by atoms with E-state index in [-0.39, 0.29) is 0 Å². The molecule has 13 heavy (non-hydrogen) atoms. The Kier molecular flexibility index (Phi) is 2.74. The third-order valence-electron chi connectivity index (χ3n) is 2.39. The van der Waals surface area contributed by atoms with E-state index in [0.29, 0.717) is 0 Å². The highest BCUT2D eigenvalue weighted by atomic mass is 127. The molecule has 70 valence electrons. The zero-order valence-electron chi connectivity index (χ0n) is 7.59. The number of rotatable bonds is 1. The summed E-state index contributed by atoms with van der Waals surface area (Å²) in [5.41, 5.74) is 2.81. The number of hydrogen-bond acceptors (Lipinski definition) is 2. The van der Waals surface area contributed by atoms with Gasteiger partial charge in [-0.05, 0) is 25.5 Å². The lowest BCUT2D eigenvalue weighted by Crippen LogP contribution is -2.21. The second kappa shape index (κ2) is 3.84. The van der Waals surface area contributed by atoms with E-state index in [2.05, 4.69) is 32.9 Å². The maximum atomic E-state index is 5.40. The summed E-state index contributed by atoms with van der Waals surface area (Å²) in [5, 5.41) is 0. The van der Waals surface area contributed by atoms with Gasteiger partial charge < -0.3 is 4.42 Å². The van der Waals surface area contributed by atoms with Gasteiger partial charge in [0.15, 0.2) is 0 Å². The zero-order chi connectivity index (χ0) is 9.26. The van der Waals surface area contributed by atoms with Crippen molar-refractivity contribution in [3.05, 3.63) is 29.7 Å². The van der Waals surface area contributed by atoms with Crippen molar-refractivity contribution < 1.29 is 4.42 Å². The predicted octanol–water partition coefficient (Wildman–Crippen LogP) is 3.11. The van der Waals surface area contributed by atoms with Crippen LogP contribution in [0.5, 0.6) is 0 Å². The Labute approximate surface area is 92.1 Å². The number of hydrogen-bond donors (Lipinski definition) is 0. The molecule has 1 aliphatic heterocycles. The van der Waals surface area contributed by atoms with Crippen LogP contribution in [0.3, 0.4) is 0 Å². The van der Waals surface area contributed by atoms with Crippen LogP contribution < -0.4 is 0 Å². The smallest absolute Gasteiger partial charge is 0.131 e. The molecule has 1 aliphatic rings. The van der Waals surface area contributed by atoms with E-state index in [1.165, 1.54) is 11.1 Å². The first kappa shape index (κ1) is 9.27. The van der Waals surface area contributed by atoms with Crippen molar-refractivity contribution >= 4 is 28.4 Å². The Bertz CT molecular complexity index is 316. The lowest BCUT2D eigenvalue weighted by Gasteiger charge is -2.23. The van der Waals surface area contributed by atoms with Gasteiger partial charge in [-0.1, -0.05) is 5.57 Å². The molecule has 0 aromatic carbocycles. The van der Waals surface area contributed by atoms with Gasteiger partial charge in [-0.15, -0.1) is 0 Å². The van der Waals surface area contributed by atoms with Gasteiger partial charge in [0.05, 0.1) is 6.26 Å². The van der Waals surface area contributed by atoms with Crippen molar-refractivity contribution in [2.75, 3.05) is 13.1 Å². The predicted molar refractivity (Wildman–Crippen MR) is 61.5 cm³/mol. The van der Waals surface area contributed by atoms with E-state index in [1.807, 2.05) is 12.1 Å². The molecule has 0 unspecified atom stereocenters. The van der Waals surface area contributed by atoms with E-state index in [9.17, 15) is 0 Å². The minimum atomic E-state index is 1.000. The first-order valence-corrected chi connectivity index (χ1v) is 5.37. The summed E-state index contributed by atoms with van der Waals surface area (Å²) < 4.78 is 7.70. The molecule has 0 bridgehead atoms. The average molecular weight is 289 g/mol. The molecular formula is C10H12INO. The number of furan rings is 1. The van der Waals surface area contributed by atoms with Gasteiger partial charge in [-0.25, -0.2) is 3.11 Å². The van der Waals surface area contributed by atoms with E-state index >= 15 is 0 Å². The first-order valence-electron chi connectivity index (χ1n) is 4.40. The van der Waals surface area contributed by atoms with Crippen LogP contribution >= 0.6 is 22.9 Å². The summed E-state index contributed by atoms with van der Waals surface area (Å²) in [6.07, 6.45) is 2.89. The first-order chi connectivity index (χ1) is 6.27. The van der Waals surface area contributed by atoms with E-state index in [1.54, 1.807) is 6.26 Å². The Morgan fingerprint density at radius 3 is 3.08 bits per heavy atom. The van der Waals surface area contributed by atoms with Gasteiger partial charge in [0, 0.05) is 41.5 Å². The molecule has 0 saturated heterocycles. The van der Waals surface area contributed by atoms with Gasteiger partial charge in [0.1, 0.15) is 5.76 Å². The largest absolute Gasteiger partial charge is 0.465 e. The summed E-state index contributed by atoms with van der Waals surface area (Å²) in [7, 11) is 0. The van der Waals surface area contributed by atoms with Crippen LogP contribution in [-0.2, 0) is 0 Å². The highest BCUT2D eigenvalue weighted by Crippen LogP contribution is 2.27. The van der Waals surface area contributed by atoms with Gasteiger partial charge >= 0.3 is 0 Å². The van der Waals surface area contributed by atoms with Gasteiger partial charge in [0.25, 0.3) is 0 Å². The van der Waals surface area contributed by atoms with Crippen molar-refractivity contribution in [3.63, 3.8) is 0 Å². The second-order valence-corrected chi connectivity index (χ2v) is 4.70. The van der Waals surface area contributed by atoms with Crippen LogP contribution in [0.4, 0.5) is 0 Å². The Morgan fingerprint density at radius 1 is 1.54 bits per heavy atom. The molecule has 3 heteroatoms. The van der Waals surface area contributed by atoms with Crippen molar-refractivity contribution in [1.29, 1.82) is 0 Å². The minimum Gasteiger partial charge on any atom is -0.465 e. The third kappa shape index (κ3) is 1.96. The van der Waals surface area contributed by atoms with Crippen LogP contribution in [0.25, 0.3) is 5.57 Å². The lowest BCUT2D eigenvalue weighted by molar-refractivity contribution is 0.513. The summed E-state index contributed by atoms with van der Waals surface area (Å²) in [4.78, 5) is 0. The molecule has 1 aromatic rings. The SMILES string of the molecule is CC1=C(c2ccco2)CN(I)CC1. The van der Waals surface area contributed by atoms with Gasteiger partial charge in [0.2, 0.25) is 0 Å². The molecule has 0 amide bonds. The topological polar surface area (TPSA) is 16.4 Å². The molecule has 0 fully saturated rings. The molecule has 2 heterocycles. The molecule has 2 rings (SSSR count). The van der Waals surface area contributed by atoms with Crippen LogP contribution in [0.15, 0.2) is 28.4 Å². The van der Waals surface area contributed by atoms with Crippen molar-refractivity contribution in [3.8, 4) is 0 Å². The fraction of sp³-hybridized carbons (Fsp3) is 0.400. The molecule has 2 nitrogen and oxygen atoms in total.